The number of nitriles is 1. The Hall–Kier alpha value is -1.18. The fourth-order valence-corrected chi connectivity index (χ4v) is 1.79. The minimum atomic E-state index is -5.12. The number of aromatic nitrogens is 1. The average molecular weight is 378 g/mol. The van der Waals surface area contributed by atoms with Gasteiger partial charge in [0.1, 0.15) is 3.70 Å². The van der Waals surface area contributed by atoms with Crippen molar-refractivity contribution in [2.45, 2.75) is 19.2 Å². The lowest BCUT2D eigenvalue weighted by Crippen LogP contribution is -2.20. The van der Waals surface area contributed by atoms with Crippen molar-refractivity contribution in [3.63, 3.8) is 0 Å². The summed E-state index contributed by atoms with van der Waals surface area (Å²) in [5.41, 5.74) is -1.39. The normalized spacial score (nSPS) is 11.4. The summed E-state index contributed by atoms with van der Waals surface area (Å²) in [7, 11) is 0. The fourth-order valence-electron chi connectivity index (χ4n) is 1.16. The number of hydrogen-bond acceptors (Lipinski definition) is 3. The van der Waals surface area contributed by atoms with E-state index in [-0.39, 0.29) is 3.70 Å². The average Bonchev–Trinajstić information content (AvgIpc) is 2.19. The second-order valence-corrected chi connectivity index (χ2v) is 4.10. The minimum absolute atomic E-state index is 0.0580. The predicted molar refractivity (Wildman–Crippen MR) is 57.9 cm³/mol. The van der Waals surface area contributed by atoms with Gasteiger partial charge in [-0.25, -0.2) is 13.8 Å². The van der Waals surface area contributed by atoms with E-state index >= 15 is 0 Å². The highest BCUT2D eigenvalue weighted by atomic mass is 127. The molecule has 0 aliphatic rings. The summed E-state index contributed by atoms with van der Waals surface area (Å²) in [6, 6.07) is 2.33. The van der Waals surface area contributed by atoms with Crippen molar-refractivity contribution in [3.8, 4) is 11.8 Å². The largest absolute Gasteiger partial charge is 0.573 e. The fraction of sp³-hybridized carbons (Fsp3) is 0.333. The molecule has 0 saturated heterocycles. The van der Waals surface area contributed by atoms with Crippen molar-refractivity contribution < 1.29 is 26.7 Å². The van der Waals surface area contributed by atoms with Gasteiger partial charge in [-0.1, -0.05) is 0 Å². The second kappa shape index (κ2) is 5.64. The topological polar surface area (TPSA) is 45.9 Å². The molecule has 0 saturated carbocycles. The quantitative estimate of drug-likeness (QED) is 0.459. The van der Waals surface area contributed by atoms with Gasteiger partial charge < -0.3 is 4.74 Å². The zero-order chi connectivity index (χ0) is 13.9. The van der Waals surface area contributed by atoms with Crippen LogP contribution in [-0.4, -0.2) is 11.3 Å². The lowest BCUT2D eigenvalue weighted by atomic mass is 10.1. The van der Waals surface area contributed by atoms with E-state index in [0.29, 0.717) is 0 Å². The number of ether oxygens (including phenoxy) is 1. The van der Waals surface area contributed by atoms with Gasteiger partial charge in [0.2, 0.25) is 0 Å². The molecule has 98 valence electrons. The van der Waals surface area contributed by atoms with Gasteiger partial charge in [-0.2, -0.15) is 5.26 Å². The van der Waals surface area contributed by atoms with Crippen LogP contribution < -0.4 is 4.74 Å². The van der Waals surface area contributed by atoms with Crippen molar-refractivity contribution in [2.75, 3.05) is 0 Å². The summed E-state index contributed by atoms with van der Waals surface area (Å²) in [6.07, 6.45) is -8.83. The molecule has 0 radical (unpaired) electrons. The van der Waals surface area contributed by atoms with Crippen LogP contribution in [0, 0.1) is 15.0 Å². The summed E-state index contributed by atoms with van der Waals surface area (Å²) in [6.45, 7) is 0. The first-order chi connectivity index (χ1) is 8.24. The highest BCUT2D eigenvalue weighted by molar-refractivity contribution is 14.1. The molecule has 1 rings (SSSR count). The molecule has 0 aliphatic heterocycles. The molecule has 0 spiro atoms. The standard InChI is InChI=1S/C9H4F5IN2O/c10-8(11)4-3-6(15)17-5(1-2-16)7(4)18-9(12,13)14/h3,8H,1H2. The third-order valence-electron chi connectivity index (χ3n) is 1.74. The van der Waals surface area contributed by atoms with Crippen molar-refractivity contribution >= 4 is 22.6 Å². The Morgan fingerprint density at radius 2 is 2.06 bits per heavy atom. The number of rotatable bonds is 3. The van der Waals surface area contributed by atoms with Crippen LogP contribution in [-0.2, 0) is 6.42 Å². The second-order valence-electron chi connectivity index (χ2n) is 2.99. The maximum Gasteiger partial charge on any atom is 0.573 e. The number of alkyl halides is 5. The summed E-state index contributed by atoms with van der Waals surface area (Å²) in [5, 5.41) is 8.45. The molecule has 1 aromatic heterocycles. The van der Waals surface area contributed by atoms with E-state index in [1.54, 1.807) is 28.7 Å². The minimum Gasteiger partial charge on any atom is -0.403 e. The molecule has 1 aromatic rings. The van der Waals surface area contributed by atoms with Crippen molar-refractivity contribution in [1.82, 2.24) is 4.98 Å². The molecule has 0 aliphatic carbocycles. The van der Waals surface area contributed by atoms with Gasteiger partial charge in [-0.15, -0.1) is 13.2 Å². The molecule has 0 atom stereocenters. The molecular formula is C9H4F5IN2O. The lowest BCUT2D eigenvalue weighted by Gasteiger charge is -2.15. The number of halogens is 6. The molecule has 0 fully saturated rings. The first-order valence-electron chi connectivity index (χ1n) is 4.34. The van der Waals surface area contributed by atoms with Crippen LogP contribution in [0.1, 0.15) is 17.7 Å². The smallest absolute Gasteiger partial charge is 0.403 e. The summed E-state index contributed by atoms with van der Waals surface area (Å²) < 4.78 is 65.3. The predicted octanol–water partition coefficient (Wildman–Crippen LogP) is 3.59. The molecule has 18 heavy (non-hydrogen) atoms. The molecule has 9 heteroatoms. The van der Waals surface area contributed by atoms with E-state index in [1.165, 1.54) is 0 Å². The van der Waals surface area contributed by atoms with Gasteiger partial charge >= 0.3 is 6.36 Å². The van der Waals surface area contributed by atoms with Gasteiger partial charge in [0.05, 0.1) is 23.7 Å². The van der Waals surface area contributed by atoms with Gasteiger partial charge in [0, 0.05) is 0 Å². The van der Waals surface area contributed by atoms with Crippen LogP contribution in [0.25, 0.3) is 0 Å². The van der Waals surface area contributed by atoms with Crippen LogP contribution >= 0.6 is 22.6 Å². The first kappa shape index (κ1) is 14.9. The zero-order valence-electron chi connectivity index (χ0n) is 8.43. The molecule has 0 aromatic carbocycles. The van der Waals surface area contributed by atoms with Crippen LogP contribution in [0.2, 0.25) is 0 Å². The lowest BCUT2D eigenvalue weighted by molar-refractivity contribution is -0.275. The van der Waals surface area contributed by atoms with Crippen LogP contribution in [0.3, 0.4) is 0 Å². The summed E-state index contributed by atoms with van der Waals surface area (Å²) >= 11 is 1.57. The highest BCUT2D eigenvalue weighted by Gasteiger charge is 2.35. The molecule has 3 nitrogen and oxygen atoms in total. The summed E-state index contributed by atoms with van der Waals surface area (Å²) in [5.74, 6) is -1.10. The Labute approximate surface area is 112 Å². The van der Waals surface area contributed by atoms with E-state index in [2.05, 4.69) is 9.72 Å². The molecular weight excluding hydrogens is 374 g/mol. The molecule has 0 amide bonds. The van der Waals surface area contributed by atoms with Crippen molar-refractivity contribution in [3.05, 3.63) is 21.0 Å². The van der Waals surface area contributed by atoms with Crippen LogP contribution in [0.4, 0.5) is 22.0 Å². The van der Waals surface area contributed by atoms with Gasteiger partial charge in [0.15, 0.2) is 5.75 Å². The van der Waals surface area contributed by atoms with Gasteiger partial charge in [-0.05, 0) is 28.7 Å². The van der Waals surface area contributed by atoms with E-state index < -0.39 is 36.2 Å². The Kier molecular flexibility index (Phi) is 4.66. The van der Waals surface area contributed by atoms with Crippen molar-refractivity contribution in [2.24, 2.45) is 0 Å². The molecule has 0 unspecified atom stereocenters. The Morgan fingerprint density at radius 3 is 2.50 bits per heavy atom. The van der Waals surface area contributed by atoms with Crippen molar-refractivity contribution in [1.29, 1.82) is 5.26 Å². The zero-order valence-corrected chi connectivity index (χ0v) is 10.6. The van der Waals surface area contributed by atoms with Gasteiger partial charge in [-0.3, -0.25) is 0 Å². The SMILES string of the molecule is N#CCc1nc(I)cc(C(F)F)c1OC(F)(F)F. The van der Waals surface area contributed by atoms with E-state index in [9.17, 15) is 22.0 Å². The number of nitrogens with zero attached hydrogens (tertiary/aromatic N) is 2. The first-order valence-corrected chi connectivity index (χ1v) is 5.42. The Bertz CT molecular complexity index is 483. The van der Waals surface area contributed by atoms with Crippen LogP contribution in [0.5, 0.6) is 5.75 Å². The number of pyridine rings is 1. The molecule has 1 heterocycles. The maximum atomic E-state index is 12.6. The van der Waals surface area contributed by atoms with E-state index in [0.717, 1.165) is 6.07 Å². The molecule has 0 N–H and O–H groups in total. The maximum absolute atomic E-state index is 12.6. The van der Waals surface area contributed by atoms with E-state index in [4.69, 9.17) is 5.26 Å². The highest BCUT2D eigenvalue weighted by Crippen LogP contribution is 2.36. The monoisotopic (exact) mass is 378 g/mol. The molecule has 0 bridgehead atoms. The number of hydrogen-bond donors (Lipinski definition) is 0. The summed E-state index contributed by atoms with van der Waals surface area (Å²) in [4.78, 5) is 3.60. The van der Waals surface area contributed by atoms with Crippen LogP contribution in [0.15, 0.2) is 6.07 Å². The van der Waals surface area contributed by atoms with Gasteiger partial charge in [0.25, 0.3) is 6.43 Å². The van der Waals surface area contributed by atoms with E-state index in [1.807, 2.05) is 0 Å². The Morgan fingerprint density at radius 1 is 1.44 bits per heavy atom. The third kappa shape index (κ3) is 3.94. The Balaban J connectivity index is 3.37. The third-order valence-corrected chi connectivity index (χ3v) is 2.29.